The van der Waals surface area contributed by atoms with Crippen LogP contribution >= 0.6 is 0 Å². The highest BCUT2D eigenvalue weighted by Gasteiger charge is 2.10. The first-order chi connectivity index (χ1) is 10.3. The molecule has 0 aliphatic carbocycles. The average molecular weight is 329 g/mol. The predicted molar refractivity (Wildman–Crippen MR) is 78.1 cm³/mol. The van der Waals surface area contributed by atoms with Crippen molar-refractivity contribution in [3.8, 4) is 17.6 Å². The highest BCUT2D eigenvalue weighted by atomic mass is 32.2. The lowest BCUT2D eigenvalue weighted by atomic mass is 10.3. The predicted octanol–water partition coefficient (Wildman–Crippen LogP) is 0.689. The van der Waals surface area contributed by atoms with Crippen molar-refractivity contribution in [3.63, 3.8) is 0 Å². The summed E-state index contributed by atoms with van der Waals surface area (Å²) in [4.78, 5) is 11.0. The number of carbonyl (C=O) groups excluding carboxylic acids is 1. The molecule has 1 unspecified atom stereocenters. The Morgan fingerprint density at radius 2 is 2.00 bits per heavy atom. The molecule has 0 saturated heterocycles. The maximum Gasteiger partial charge on any atom is 0.303 e. The van der Waals surface area contributed by atoms with E-state index in [4.69, 9.17) is 9.47 Å². The van der Waals surface area contributed by atoms with Gasteiger partial charge in [0.2, 0.25) is 10.0 Å². The summed E-state index contributed by atoms with van der Waals surface area (Å²) in [5.41, 5.74) is 0. The molecule has 8 heteroatoms. The Kier molecular flexibility index (Phi) is 6.82. The van der Waals surface area contributed by atoms with Crippen molar-refractivity contribution in [1.29, 1.82) is 0 Å². The van der Waals surface area contributed by atoms with Gasteiger partial charge < -0.3 is 9.47 Å². The number of halogens is 1. The summed E-state index contributed by atoms with van der Waals surface area (Å²) in [6, 6.07) is 5.33. The first-order valence-corrected chi connectivity index (χ1v) is 8.14. The third-order valence-electron chi connectivity index (χ3n) is 2.21. The van der Waals surface area contributed by atoms with Gasteiger partial charge in [0.1, 0.15) is 18.2 Å². The van der Waals surface area contributed by atoms with Gasteiger partial charge in [0.05, 0.1) is 12.8 Å². The summed E-state index contributed by atoms with van der Waals surface area (Å²) >= 11 is 0. The van der Waals surface area contributed by atoms with E-state index < -0.39 is 27.9 Å². The second-order valence-corrected chi connectivity index (χ2v) is 6.11. The van der Waals surface area contributed by atoms with Crippen LogP contribution < -0.4 is 9.46 Å². The zero-order valence-corrected chi connectivity index (χ0v) is 12.9. The van der Waals surface area contributed by atoms with Crippen LogP contribution in [0.1, 0.15) is 6.92 Å². The molecule has 1 aromatic rings. The van der Waals surface area contributed by atoms with Crippen LogP contribution in [0.4, 0.5) is 4.39 Å². The minimum atomic E-state index is -3.33. The van der Waals surface area contributed by atoms with Gasteiger partial charge in [0.25, 0.3) is 0 Å². The molecule has 0 aromatic heterocycles. The van der Waals surface area contributed by atoms with Gasteiger partial charge in [0.15, 0.2) is 6.10 Å². The van der Waals surface area contributed by atoms with E-state index in [1.54, 1.807) is 0 Å². The minimum absolute atomic E-state index is 0.0584. The van der Waals surface area contributed by atoms with Crippen LogP contribution in [0.15, 0.2) is 24.3 Å². The molecule has 0 fully saturated rings. The van der Waals surface area contributed by atoms with Crippen molar-refractivity contribution >= 4 is 16.0 Å². The van der Waals surface area contributed by atoms with Crippen LogP contribution in [-0.2, 0) is 19.6 Å². The number of hydrogen-bond donors (Lipinski definition) is 1. The van der Waals surface area contributed by atoms with Gasteiger partial charge >= 0.3 is 5.97 Å². The molecule has 22 heavy (non-hydrogen) atoms. The summed E-state index contributed by atoms with van der Waals surface area (Å²) in [6.07, 6.45) is 0.152. The lowest BCUT2D eigenvalue weighted by Crippen LogP contribution is -2.24. The second-order valence-electron chi connectivity index (χ2n) is 4.28. The molecule has 0 aliphatic rings. The molecule has 1 N–H and O–H groups in total. The van der Waals surface area contributed by atoms with E-state index in [-0.39, 0.29) is 13.2 Å². The lowest BCUT2D eigenvalue weighted by Gasteiger charge is -2.12. The first kappa shape index (κ1) is 17.9. The fourth-order valence-electron chi connectivity index (χ4n) is 1.34. The van der Waals surface area contributed by atoms with E-state index in [2.05, 4.69) is 16.6 Å². The molecule has 1 atom stereocenters. The van der Waals surface area contributed by atoms with Crippen LogP contribution in [0.3, 0.4) is 0 Å². The lowest BCUT2D eigenvalue weighted by molar-refractivity contribution is -0.144. The molecule has 0 bridgehead atoms. The number of hydrogen-bond acceptors (Lipinski definition) is 5. The van der Waals surface area contributed by atoms with E-state index in [0.29, 0.717) is 5.75 Å². The van der Waals surface area contributed by atoms with Crippen LogP contribution in [0.2, 0.25) is 0 Å². The van der Waals surface area contributed by atoms with Crippen molar-refractivity contribution in [2.75, 3.05) is 19.4 Å². The van der Waals surface area contributed by atoms with Gasteiger partial charge in [-0.3, -0.25) is 4.79 Å². The zero-order valence-electron chi connectivity index (χ0n) is 12.1. The average Bonchev–Trinajstić information content (AvgIpc) is 2.40. The SMILES string of the molecule is CC(=O)OC(C#CCNS(C)(=O)=O)COc1ccc(F)cc1. The first-order valence-electron chi connectivity index (χ1n) is 6.25. The number of ether oxygens (including phenoxy) is 2. The molecular weight excluding hydrogens is 313 g/mol. The van der Waals surface area contributed by atoms with Gasteiger partial charge in [0, 0.05) is 6.92 Å². The van der Waals surface area contributed by atoms with E-state index >= 15 is 0 Å². The van der Waals surface area contributed by atoms with Crippen molar-refractivity contribution < 1.29 is 27.1 Å². The summed E-state index contributed by atoms with van der Waals surface area (Å²) in [6.45, 7) is 1.06. The van der Waals surface area contributed by atoms with Crippen LogP contribution in [0, 0.1) is 17.7 Å². The molecule has 0 spiro atoms. The molecule has 0 saturated carbocycles. The normalized spacial score (nSPS) is 12.0. The number of rotatable bonds is 6. The second kappa shape index (κ2) is 8.36. The molecular formula is C14H16FNO5S. The van der Waals surface area contributed by atoms with E-state index in [1.165, 1.54) is 31.2 Å². The van der Waals surface area contributed by atoms with Gasteiger partial charge in [-0.25, -0.2) is 17.5 Å². The Labute approximate surface area is 128 Å². The zero-order chi connectivity index (χ0) is 16.6. The van der Waals surface area contributed by atoms with Gasteiger partial charge in [-0.1, -0.05) is 11.8 Å². The fraction of sp³-hybridized carbons (Fsp3) is 0.357. The van der Waals surface area contributed by atoms with Gasteiger partial charge in [-0.05, 0) is 24.3 Å². The van der Waals surface area contributed by atoms with E-state index in [1.807, 2.05) is 0 Å². The molecule has 6 nitrogen and oxygen atoms in total. The molecule has 0 aliphatic heterocycles. The Balaban J connectivity index is 2.58. The summed E-state index contributed by atoms with van der Waals surface area (Å²) in [7, 11) is -3.33. The van der Waals surface area contributed by atoms with Crippen molar-refractivity contribution in [1.82, 2.24) is 4.72 Å². The number of nitrogens with one attached hydrogen (secondary N) is 1. The summed E-state index contributed by atoms with van der Waals surface area (Å²) in [5.74, 6) is 4.58. The van der Waals surface area contributed by atoms with Crippen LogP contribution in [-0.4, -0.2) is 39.9 Å². The quantitative estimate of drug-likeness (QED) is 0.613. The van der Waals surface area contributed by atoms with Crippen molar-refractivity contribution in [2.24, 2.45) is 0 Å². The van der Waals surface area contributed by atoms with Crippen molar-refractivity contribution in [3.05, 3.63) is 30.1 Å². The highest BCUT2D eigenvalue weighted by Crippen LogP contribution is 2.11. The smallest absolute Gasteiger partial charge is 0.303 e. The summed E-state index contributed by atoms with van der Waals surface area (Å²) in [5, 5.41) is 0. The monoisotopic (exact) mass is 329 g/mol. The van der Waals surface area contributed by atoms with Crippen LogP contribution in [0.5, 0.6) is 5.75 Å². The molecule has 0 heterocycles. The number of benzene rings is 1. The maximum atomic E-state index is 12.8. The Morgan fingerprint density at radius 3 is 2.55 bits per heavy atom. The number of sulfonamides is 1. The Hall–Kier alpha value is -2.11. The molecule has 120 valence electrons. The standard InChI is InChI=1S/C14H16FNO5S/c1-11(17)21-14(4-3-9-16-22(2,18)19)10-20-13-7-5-12(15)6-8-13/h5-8,14,16H,9-10H2,1-2H3. The van der Waals surface area contributed by atoms with E-state index in [9.17, 15) is 17.6 Å². The highest BCUT2D eigenvalue weighted by molar-refractivity contribution is 7.88. The summed E-state index contributed by atoms with van der Waals surface area (Å²) < 4.78 is 47.0. The largest absolute Gasteiger partial charge is 0.489 e. The molecule has 1 rings (SSSR count). The number of esters is 1. The van der Waals surface area contributed by atoms with Gasteiger partial charge in [-0.15, -0.1) is 0 Å². The molecule has 0 amide bonds. The maximum absolute atomic E-state index is 12.8. The fourth-order valence-corrected chi connectivity index (χ4v) is 1.67. The van der Waals surface area contributed by atoms with Crippen LogP contribution in [0.25, 0.3) is 0 Å². The van der Waals surface area contributed by atoms with Crippen molar-refractivity contribution in [2.45, 2.75) is 13.0 Å². The Bertz CT molecular complexity index is 661. The topological polar surface area (TPSA) is 81.7 Å². The third-order valence-corrected chi connectivity index (χ3v) is 2.88. The van der Waals surface area contributed by atoms with Gasteiger partial charge in [-0.2, -0.15) is 0 Å². The Morgan fingerprint density at radius 1 is 1.36 bits per heavy atom. The molecule has 0 radical (unpaired) electrons. The number of carbonyl (C=O) groups is 1. The molecule has 1 aromatic carbocycles. The minimum Gasteiger partial charge on any atom is -0.489 e. The third kappa shape index (κ3) is 8.24. The van der Waals surface area contributed by atoms with E-state index in [0.717, 1.165) is 6.26 Å².